The molecule has 1 aromatic rings. The Labute approximate surface area is 137 Å². The number of rotatable bonds is 1. The molecule has 23 heavy (non-hydrogen) atoms. The number of nitrogens with zero attached hydrogens (tertiary/aromatic N) is 1. The predicted molar refractivity (Wildman–Crippen MR) is 88.4 cm³/mol. The molecule has 1 heterocycles. The van der Waals surface area contributed by atoms with Gasteiger partial charge in [-0.15, -0.1) is 0 Å². The van der Waals surface area contributed by atoms with Crippen LogP contribution in [0, 0.1) is 23.1 Å². The van der Waals surface area contributed by atoms with Crippen molar-refractivity contribution < 1.29 is 13.9 Å². The molecule has 1 saturated heterocycles. The molecule has 0 N–H and O–H groups in total. The smallest absolute Gasteiger partial charge is 0.409 e. The van der Waals surface area contributed by atoms with Gasteiger partial charge < -0.3 is 9.64 Å². The molecular weight excluding hydrogens is 293 g/mol. The second-order valence-electron chi connectivity index (χ2n) is 6.20. The first-order chi connectivity index (χ1) is 10.9. The summed E-state index contributed by atoms with van der Waals surface area (Å²) in [6.45, 7) is 7.62. The number of piperidine rings is 1. The van der Waals surface area contributed by atoms with E-state index in [4.69, 9.17) is 4.74 Å². The number of allylic oxidation sites excluding steroid dienone is 1. The summed E-state index contributed by atoms with van der Waals surface area (Å²) >= 11 is 0. The molecule has 122 valence electrons. The average molecular weight is 315 g/mol. The molecule has 0 aliphatic carbocycles. The molecule has 1 aliphatic heterocycles. The van der Waals surface area contributed by atoms with Gasteiger partial charge in [0.25, 0.3) is 0 Å². The predicted octanol–water partition coefficient (Wildman–Crippen LogP) is 3.99. The van der Waals surface area contributed by atoms with Crippen LogP contribution in [0.15, 0.2) is 35.9 Å². The van der Waals surface area contributed by atoms with Crippen molar-refractivity contribution in [1.82, 2.24) is 4.90 Å². The molecule has 0 saturated carbocycles. The Kier molecular flexibility index (Phi) is 5.44. The number of ether oxygens (including phenoxy) is 1. The van der Waals surface area contributed by atoms with E-state index < -0.39 is 0 Å². The Morgan fingerprint density at radius 1 is 1.48 bits per heavy atom. The standard InChI is InChI=1S/C19H22FNO2/c1-4-23-18(22)21-12-11-16(19(2,3)14-21)9-5-7-15-8-6-10-17(20)13-15/h6,8-10,13H,4,11-12,14H2,1-3H3/b16-9+. The number of benzene rings is 1. The van der Waals surface area contributed by atoms with E-state index in [2.05, 4.69) is 25.7 Å². The minimum absolute atomic E-state index is 0.151. The van der Waals surface area contributed by atoms with Crippen LogP contribution >= 0.6 is 0 Å². The number of amides is 1. The lowest BCUT2D eigenvalue weighted by Gasteiger charge is -2.39. The van der Waals surface area contributed by atoms with Crippen molar-refractivity contribution in [2.24, 2.45) is 5.41 Å². The first-order valence-corrected chi connectivity index (χ1v) is 7.80. The SMILES string of the molecule is CCOC(=O)N1CC/C(=C\C#Cc2cccc(F)c2)C(C)(C)C1. The minimum atomic E-state index is -0.285. The van der Waals surface area contributed by atoms with Crippen molar-refractivity contribution in [3.63, 3.8) is 0 Å². The van der Waals surface area contributed by atoms with Crippen molar-refractivity contribution in [2.75, 3.05) is 19.7 Å². The molecule has 2 rings (SSSR count). The third kappa shape index (κ3) is 4.59. The number of carbonyl (C=O) groups is 1. The van der Waals surface area contributed by atoms with Crippen LogP contribution in [0.5, 0.6) is 0 Å². The van der Waals surface area contributed by atoms with E-state index in [9.17, 15) is 9.18 Å². The fraction of sp³-hybridized carbons (Fsp3) is 0.421. The van der Waals surface area contributed by atoms with Gasteiger partial charge in [0.1, 0.15) is 5.82 Å². The van der Waals surface area contributed by atoms with Gasteiger partial charge in [0.2, 0.25) is 0 Å². The Hall–Kier alpha value is -2.28. The number of likely N-dealkylation sites (tertiary alicyclic amines) is 1. The van der Waals surface area contributed by atoms with Crippen LogP contribution in [0.2, 0.25) is 0 Å². The van der Waals surface area contributed by atoms with Gasteiger partial charge in [0, 0.05) is 24.1 Å². The van der Waals surface area contributed by atoms with E-state index in [1.165, 1.54) is 17.7 Å². The van der Waals surface area contributed by atoms with Crippen molar-refractivity contribution in [1.29, 1.82) is 0 Å². The summed E-state index contributed by atoms with van der Waals surface area (Å²) in [4.78, 5) is 13.6. The molecular formula is C19H22FNO2. The maximum atomic E-state index is 13.1. The maximum absolute atomic E-state index is 13.1. The monoisotopic (exact) mass is 315 g/mol. The molecule has 0 bridgehead atoms. The van der Waals surface area contributed by atoms with E-state index in [0.29, 0.717) is 25.3 Å². The van der Waals surface area contributed by atoms with Gasteiger partial charge in [-0.05, 0) is 37.6 Å². The van der Waals surface area contributed by atoms with Crippen molar-refractivity contribution >= 4 is 6.09 Å². The number of carbonyl (C=O) groups excluding carboxylic acids is 1. The molecule has 1 aromatic carbocycles. The Morgan fingerprint density at radius 3 is 2.91 bits per heavy atom. The molecule has 3 nitrogen and oxygen atoms in total. The Morgan fingerprint density at radius 2 is 2.26 bits per heavy atom. The van der Waals surface area contributed by atoms with Crippen molar-refractivity contribution in [2.45, 2.75) is 27.2 Å². The van der Waals surface area contributed by atoms with Gasteiger partial charge >= 0.3 is 6.09 Å². The fourth-order valence-corrected chi connectivity index (χ4v) is 2.66. The molecule has 0 unspecified atom stereocenters. The highest BCUT2D eigenvalue weighted by Gasteiger charge is 2.33. The highest BCUT2D eigenvalue weighted by Crippen LogP contribution is 2.34. The second-order valence-corrected chi connectivity index (χ2v) is 6.20. The highest BCUT2D eigenvalue weighted by molar-refractivity contribution is 5.68. The van der Waals surface area contributed by atoms with Gasteiger partial charge in [-0.2, -0.15) is 0 Å². The lowest BCUT2D eigenvalue weighted by Crippen LogP contribution is -2.45. The van der Waals surface area contributed by atoms with Gasteiger partial charge in [0.15, 0.2) is 0 Å². The second kappa shape index (κ2) is 7.32. The summed E-state index contributed by atoms with van der Waals surface area (Å²) in [5.74, 6) is 5.68. The normalized spacial score (nSPS) is 18.3. The van der Waals surface area contributed by atoms with Gasteiger partial charge in [-0.3, -0.25) is 0 Å². The van der Waals surface area contributed by atoms with Crippen LogP contribution in [-0.4, -0.2) is 30.7 Å². The van der Waals surface area contributed by atoms with Gasteiger partial charge in [-0.25, -0.2) is 9.18 Å². The highest BCUT2D eigenvalue weighted by atomic mass is 19.1. The van der Waals surface area contributed by atoms with Crippen LogP contribution in [0.3, 0.4) is 0 Å². The molecule has 1 fully saturated rings. The Bertz CT molecular complexity index is 667. The Balaban J connectivity index is 2.08. The quantitative estimate of drug-likeness (QED) is 0.733. The number of hydrogen-bond acceptors (Lipinski definition) is 2. The fourth-order valence-electron chi connectivity index (χ4n) is 2.66. The van der Waals surface area contributed by atoms with E-state index in [0.717, 1.165) is 6.42 Å². The summed E-state index contributed by atoms with van der Waals surface area (Å²) < 4.78 is 18.2. The molecule has 0 aromatic heterocycles. The largest absolute Gasteiger partial charge is 0.450 e. The summed E-state index contributed by atoms with van der Waals surface area (Å²) in [6.07, 6.45) is 2.40. The maximum Gasteiger partial charge on any atom is 0.409 e. The zero-order chi connectivity index (χ0) is 16.9. The van der Waals surface area contributed by atoms with Crippen LogP contribution in [0.4, 0.5) is 9.18 Å². The number of halogens is 1. The first-order valence-electron chi connectivity index (χ1n) is 7.80. The third-order valence-electron chi connectivity index (χ3n) is 3.92. The third-order valence-corrected chi connectivity index (χ3v) is 3.92. The van der Waals surface area contributed by atoms with E-state index >= 15 is 0 Å². The summed E-state index contributed by atoms with van der Waals surface area (Å²) in [5.41, 5.74) is 1.70. The van der Waals surface area contributed by atoms with Crippen LogP contribution in [-0.2, 0) is 4.74 Å². The average Bonchev–Trinajstić information content (AvgIpc) is 2.48. The lowest BCUT2D eigenvalue weighted by atomic mass is 9.79. The molecule has 1 amide bonds. The van der Waals surface area contributed by atoms with Crippen LogP contribution in [0.25, 0.3) is 0 Å². The van der Waals surface area contributed by atoms with Crippen molar-refractivity contribution in [3.05, 3.63) is 47.3 Å². The van der Waals surface area contributed by atoms with Crippen LogP contribution in [0.1, 0.15) is 32.8 Å². The molecule has 1 aliphatic rings. The van der Waals surface area contributed by atoms with E-state index in [1.54, 1.807) is 24.0 Å². The van der Waals surface area contributed by atoms with Crippen molar-refractivity contribution in [3.8, 4) is 11.8 Å². The van der Waals surface area contributed by atoms with E-state index in [-0.39, 0.29) is 17.3 Å². The molecule has 0 atom stereocenters. The first kappa shape index (κ1) is 17.1. The summed E-state index contributed by atoms with van der Waals surface area (Å²) in [5, 5.41) is 0. The van der Waals surface area contributed by atoms with E-state index in [1.807, 2.05) is 6.08 Å². The topological polar surface area (TPSA) is 29.5 Å². The molecule has 0 radical (unpaired) electrons. The molecule has 4 heteroatoms. The molecule has 0 spiro atoms. The number of hydrogen-bond donors (Lipinski definition) is 0. The van der Waals surface area contributed by atoms with Crippen LogP contribution < -0.4 is 0 Å². The zero-order valence-electron chi connectivity index (χ0n) is 13.9. The zero-order valence-corrected chi connectivity index (χ0v) is 13.9. The van der Waals surface area contributed by atoms with Gasteiger partial charge in [0.05, 0.1) is 6.61 Å². The summed E-state index contributed by atoms with van der Waals surface area (Å²) in [6, 6.07) is 6.25. The minimum Gasteiger partial charge on any atom is -0.450 e. The summed E-state index contributed by atoms with van der Waals surface area (Å²) in [7, 11) is 0. The lowest BCUT2D eigenvalue weighted by molar-refractivity contribution is 0.0862. The van der Waals surface area contributed by atoms with Gasteiger partial charge in [-0.1, -0.05) is 37.3 Å².